The van der Waals surface area contributed by atoms with Gasteiger partial charge in [-0.15, -0.1) is 0 Å². The first kappa shape index (κ1) is 14.6. The van der Waals surface area contributed by atoms with Crippen LogP contribution in [0.2, 0.25) is 0 Å². The van der Waals surface area contributed by atoms with Gasteiger partial charge in [-0.25, -0.2) is 12.8 Å². The van der Waals surface area contributed by atoms with Gasteiger partial charge in [-0.05, 0) is 30.3 Å². The highest BCUT2D eigenvalue weighted by molar-refractivity contribution is 7.92. The first-order valence-electron chi connectivity index (χ1n) is 6.59. The van der Waals surface area contributed by atoms with Gasteiger partial charge >= 0.3 is 0 Å². The fourth-order valence-electron chi connectivity index (χ4n) is 2.29. The van der Waals surface area contributed by atoms with Crippen molar-refractivity contribution in [2.75, 3.05) is 4.72 Å². The van der Waals surface area contributed by atoms with Crippen molar-refractivity contribution in [2.24, 2.45) is 5.73 Å². The molecule has 0 aliphatic heterocycles. The molecular formula is C15H14FN3O2S. The Bertz CT molecular complexity index is 921. The molecule has 0 amide bonds. The average Bonchev–Trinajstić information content (AvgIpc) is 2.84. The third-order valence-electron chi connectivity index (χ3n) is 3.33. The number of hydrogen-bond donors (Lipinski definition) is 3. The Hall–Kier alpha value is -2.38. The minimum absolute atomic E-state index is 0.100. The molecule has 0 spiro atoms. The van der Waals surface area contributed by atoms with E-state index < -0.39 is 15.8 Å². The molecule has 3 rings (SSSR count). The number of halogens is 1. The molecule has 0 aliphatic rings. The standard InChI is InChI=1S/C15H14FN3O2S/c16-10-6-7-12-13(8-10)18-14(9-17)15(12)19-22(20,21)11-4-2-1-3-5-11/h1-8,18-19H,9,17H2. The first-order valence-corrected chi connectivity index (χ1v) is 8.07. The SMILES string of the molecule is NCc1[nH]c2cc(F)ccc2c1NS(=O)(=O)c1ccccc1. The topological polar surface area (TPSA) is 88.0 Å². The van der Waals surface area contributed by atoms with Gasteiger partial charge in [0.05, 0.1) is 21.8 Å². The molecule has 3 aromatic rings. The zero-order valence-corrected chi connectivity index (χ0v) is 12.3. The summed E-state index contributed by atoms with van der Waals surface area (Å²) in [6.07, 6.45) is 0. The lowest BCUT2D eigenvalue weighted by Crippen LogP contribution is -2.14. The number of anilines is 1. The fraction of sp³-hybridized carbons (Fsp3) is 0.0667. The summed E-state index contributed by atoms with van der Waals surface area (Å²) in [4.78, 5) is 3.08. The van der Waals surface area contributed by atoms with Crippen LogP contribution in [0.4, 0.5) is 10.1 Å². The smallest absolute Gasteiger partial charge is 0.261 e. The third-order valence-corrected chi connectivity index (χ3v) is 4.70. The van der Waals surface area contributed by atoms with E-state index in [1.807, 2.05) is 0 Å². The van der Waals surface area contributed by atoms with Gasteiger partial charge in [-0.3, -0.25) is 4.72 Å². The molecule has 1 heterocycles. The number of H-pyrrole nitrogens is 1. The van der Waals surface area contributed by atoms with Crippen molar-refractivity contribution < 1.29 is 12.8 Å². The Labute approximate surface area is 127 Å². The van der Waals surface area contributed by atoms with Crippen LogP contribution in [0.3, 0.4) is 0 Å². The highest BCUT2D eigenvalue weighted by Gasteiger charge is 2.19. The monoisotopic (exact) mass is 319 g/mol. The van der Waals surface area contributed by atoms with Gasteiger partial charge in [-0.1, -0.05) is 18.2 Å². The molecule has 0 bridgehead atoms. The molecule has 0 aliphatic carbocycles. The highest BCUT2D eigenvalue weighted by Crippen LogP contribution is 2.30. The van der Waals surface area contributed by atoms with E-state index in [0.717, 1.165) is 0 Å². The molecule has 114 valence electrons. The molecule has 0 radical (unpaired) electrons. The van der Waals surface area contributed by atoms with Crippen molar-refractivity contribution in [3.8, 4) is 0 Å². The summed E-state index contributed by atoms with van der Waals surface area (Å²) in [7, 11) is -3.74. The maximum atomic E-state index is 13.3. The fourth-order valence-corrected chi connectivity index (χ4v) is 3.42. The van der Waals surface area contributed by atoms with Crippen LogP contribution in [0.5, 0.6) is 0 Å². The summed E-state index contributed by atoms with van der Waals surface area (Å²) in [5.41, 5.74) is 6.99. The van der Waals surface area contributed by atoms with Crippen LogP contribution in [0.15, 0.2) is 53.4 Å². The molecule has 0 unspecified atom stereocenters. The van der Waals surface area contributed by atoms with Crippen LogP contribution in [-0.4, -0.2) is 13.4 Å². The van der Waals surface area contributed by atoms with E-state index in [-0.39, 0.29) is 11.4 Å². The largest absolute Gasteiger partial charge is 0.355 e. The summed E-state index contributed by atoms with van der Waals surface area (Å²) in [6, 6.07) is 12.1. The Morgan fingerprint density at radius 2 is 1.86 bits per heavy atom. The summed E-state index contributed by atoms with van der Waals surface area (Å²) in [6.45, 7) is 0.100. The second-order valence-corrected chi connectivity index (χ2v) is 6.47. The number of rotatable bonds is 4. The second-order valence-electron chi connectivity index (χ2n) is 4.79. The van der Waals surface area contributed by atoms with E-state index in [4.69, 9.17) is 5.73 Å². The minimum Gasteiger partial charge on any atom is -0.355 e. The molecule has 22 heavy (non-hydrogen) atoms. The normalized spacial score (nSPS) is 11.7. The van der Waals surface area contributed by atoms with E-state index in [0.29, 0.717) is 22.3 Å². The second kappa shape index (κ2) is 5.43. The zero-order chi connectivity index (χ0) is 15.7. The molecule has 0 atom stereocenters. The van der Waals surface area contributed by atoms with E-state index >= 15 is 0 Å². The van der Waals surface area contributed by atoms with Crippen molar-refractivity contribution in [1.29, 1.82) is 0 Å². The summed E-state index contributed by atoms with van der Waals surface area (Å²) >= 11 is 0. The Morgan fingerprint density at radius 3 is 2.55 bits per heavy atom. The molecule has 0 saturated carbocycles. The van der Waals surface area contributed by atoms with Crippen molar-refractivity contribution in [1.82, 2.24) is 4.98 Å². The Morgan fingerprint density at radius 1 is 1.14 bits per heavy atom. The number of nitrogens with one attached hydrogen (secondary N) is 2. The summed E-state index contributed by atoms with van der Waals surface area (Å²) in [5.74, 6) is -0.408. The number of aromatic nitrogens is 1. The van der Waals surface area contributed by atoms with Gasteiger partial charge in [-0.2, -0.15) is 0 Å². The molecule has 7 heteroatoms. The molecule has 0 fully saturated rings. The number of fused-ring (bicyclic) bond motifs is 1. The van der Waals surface area contributed by atoms with E-state index in [2.05, 4.69) is 9.71 Å². The van der Waals surface area contributed by atoms with E-state index in [9.17, 15) is 12.8 Å². The van der Waals surface area contributed by atoms with Gasteiger partial charge in [0.2, 0.25) is 0 Å². The number of hydrogen-bond acceptors (Lipinski definition) is 3. The molecular weight excluding hydrogens is 305 g/mol. The number of sulfonamides is 1. The third kappa shape index (κ3) is 2.56. The van der Waals surface area contributed by atoms with Gasteiger partial charge in [0.1, 0.15) is 5.82 Å². The van der Waals surface area contributed by atoms with Crippen LogP contribution >= 0.6 is 0 Å². The summed E-state index contributed by atoms with van der Waals surface area (Å²) in [5, 5.41) is 0.571. The first-order chi connectivity index (χ1) is 10.5. The van der Waals surface area contributed by atoms with Crippen LogP contribution in [0, 0.1) is 5.82 Å². The van der Waals surface area contributed by atoms with Crippen molar-refractivity contribution in [3.05, 3.63) is 60.0 Å². The Kier molecular flexibility index (Phi) is 3.59. The summed E-state index contributed by atoms with van der Waals surface area (Å²) < 4.78 is 40.7. The maximum absolute atomic E-state index is 13.3. The number of benzene rings is 2. The van der Waals surface area contributed by atoms with Crippen LogP contribution < -0.4 is 10.5 Å². The predicted octanol–water partition coefficient (Wildman–Crippen LogP) is 2.57. The molecule has 1 aromatic heterocycles. The van der Waals surface area contributed by atoms with Crippen molar-refractivity contribution >= 4 is 26.6 Å². The van der Waals surface area contributed by atoms with Gasteiger partial charge < -0.3 is 10.7 Å². The minimum atomic E-state index is -3.74. The van der Waals surface area contributed by atoms with Crippen LogP contribution in [-0.2, 0) is 16.6 Å². The van der Waals surface area contributed by atoms with Crippen LogP contribution in [0.1, 0.15) is 5.69 Å². The molecule has 5 nitrogen and oxygen atoms in total. The maximum Gasteiger partial charge on any atom is 0.261 e. The van der Waals surface area contributed by atoms with E-state index in [1.165, 1.54) is 30.3 Å². The number of aromatic amines is 1. The molecule has 4 N–H and O–H groups in total. The van der Waals surface area contributed by atoms with Crippen molar-refractivity contribution in [2.45, 2.75) is 11.4 Å². The number of nitrogens with two attached hydrogens (primary N) is 1. The quantitative estimate of drug-likeness (QED) is 0.690. The Balaban J connectivity index is 2.11. The molecule has 0 saturated heterocycles. The van der Waals surface area contributed by atoms with Gasteiger partial charge in [0.25, 0.3) is 10.0 Å². The zero-order valence-electron chi connectivity index (χ0n) is 11.5. The van der Waals surface area contributed by atoms with Crippen LogP contribution in [0.25, 0.3) is 10.9 Å². The highest BCUT2D eigenvalue weighted by atomic mass is 32.2. The van der Waals surface area contributed by atoms with Gasteiger partial charge in [0, 0.05) is 11.9 Å². The lowest BCUT2D eigenvalue weighted by molar-refractivity contribution is 0.601. The average molecular weight is 319 g/mol. The lowest BCUT2D eigenvalue weighted by atomic mass is 10.2. The lowest BCUT2D eigenvalue weighted by Gasteiger charge is -2.09. The van der Waals surface area contributed by atoms with Crippen molar-refractivity contribution in [3.63, 3.8) is 0 Å². The van der Waals surface area contributed by atoms with E-state index in [1.54, 1.807) is 18.2 Å². The predicted molar refractivity (Wildman–Crippen MR) is 83.4 cm³/mol. The molecule has 2 aromatic carbocycles. The van der Waals surface area contributed by atoms with Gasteiger partial charge in [0.15, 0.2) is 0 Å².